The maximum atomic E-state index is 11.2. The van der Waals surface area contributed by atoms with E-state index >= 15 is 0 Å². The van der Waals surface area contributed by atoms with E-state index in [1.807, 2.05) is 0 Å². The molecule has 2 rings (SSSR count). The molecule has 0 aromatic carbocycles. The lowest BCUT2D eigenvalue weighted by molar-refractivity contribution is -0.123. The van der Waals surface area contributed by atoms with E-state index in [0.717, 1.165) is 51.9 Å². The highest BCUT2D eigenvalue weighted by Crippen LogP contribution is 2.17. The summed E-state index contributed by atoms with van der Waals surface area (Å²) in [5.74, 6) is 0.561. The van der Waals surface area contributed by atoms with Gasteiger partial charge in [-0.15, -0.1) is 24.0 Å². The van der Waals surface area contributed by atoms with E-state index in [1.165, 1.54) is 38.5 Å². The number of rotatable bonds is 7. The number of amides is 1. The summed E-state index contributed by atoms with van der Waals surface area (Å²) in [7, 11) is 0. The second kappa shape index (κ2) is 12.7. The highest BCUT2D eigenvalue weighted by atomic mass is 127. The van der Waals surface area contributed by atoms with Crippen molar-refractivity contribution >= 4 is 35.8 Å². The van der Waals surface area contributed by atoms with Gasteiger partial charge in [0.15, 0.2) is 5.96 Å². The van der Waals surface area contributed by atoms with Crippen LogP contribution in [-0.4, -0.2) is 49.0 Å². The van der Waals surface area contributed by atoms with E-state index < -0.39 is 0 Å². The second-order valence-corrected chi connectivity index (χ2v) is 7.33. The predicted molar refractivity (Wildman–Crippen MR) is 114 cm³/mol. The Kier molecular flexibility index (Phi) is 11.4. The van der Waals surface area contributed by atoms with Crippen LogP contribution in [0, 0.1) is 5.92 Å². The summed E-state index contributed by atoms with van der Waals surface area (Å²) >= 11 is 0. The third kappa shape index (κ3) is 9.08. The molecule has 0 spiro atoms. The van der Waals surface area contributed by atoms with Gasteiger partial charge in [0.2, 0.25) is 5.91 Å². The normalized spacial score (nSPS) is 21.4. The van der Waals surface area contributed by atoms with E-state index in [4.69, 9.17) is 11.5 Å². The van der Waals surface area contributed by atoms with E-state index in [1.54, 1.807) is 0 Å². The summed E-state index contributed by atoms with van der Waals surface area (Å²) in [6.45, 7) is 3.85. The summed E-state index contributed by atoms with van der Waals surface area (Å²) < 4.78 is 0. The van der Waals surface area contributed by atoms with Gasteiger partial charge in [0, 0.05) is 18.5 Å². The van der Waals surface area contributed by atoms with Crippen molar-refractivity contribution in [3.05, 3.63) is 0 Å². The van der Waals surface area contributed by atoms with Gasteiger partial charge in [-0.3, -0.25) is 9.79 Å². The van der Waals surface area contributed by atoms with Gasteiger partial charge in [-0.2, -0.15) is 0 Å². The minimum Gasteiger partial charge on any atom is -0.370 e. The largest absolute Gasteiger partial charge is 0.370 e. The first kappa shape index (κ1) is 22.5. The summed E-state index contributed by atoms with van der Waals surface area (Å²) in [5, 5.41) is 3.39. The van der Waals surface area contributed by atoms with Crippen LogP contribution in [0.15, 0.2) is 4.99 Å². The molecule has 0 aromatic heterocycles. The minimum atomic E-state index is -0.138. The van der Waals surface area contributed by atoms with Crippen molar-refractivity contribution < 1.29 is 4.79 Å². The molecule has 0 unspecified atom stereocenters. The molecule has 0 atom stereocenters. The number of aliphatic imine (C=N–C) groups is 1. The number of nitrogens with zero attached hydrogens (tertiary/aromatic N) is 2. The number of carbonyl (C=O) groups excluding carboxylic acids is 1. The quantitative estimate of drug-likeness (QED) is 0.177. The molecule has 25 heavy (non-hydrogen) atoms. The fourth-order valence-electron chi connectivity index (χ4n) is 3.77. The van der Waals surface area contributed by atoms with Crippen molar-refractivity contribution in [2.75, 3.05) is 26.2 Å². The SMILES string of the molecule is I.NC(=O)C1CCN(CCCCN=C(N)NC2CCCCCC2)CC1. The average molecular weight is 465 g/mol. The number of hydrogen-bond acceptors (Lipinski definition) is 3. The maximum Gasteiger partial charge on any atom is 0.220 e. The van der Waals surface area contributed by atoms with Crippen LogP contribution >= 0.6 is 24.0 Å². The van der Waals surface area contributed by atoms with Gasteiger partial charge in [-0.25, -0.2) is 0 Å². The van der Waals surface area contributed by atoms with E-state index in [9.17, 15) is 4.79 Å². The topological polar surface area (TPSA) is 96.7 Å². The van der Waals surface area contributed by atoms with Gasteiger partial charge in [-0.1, -0.05) is 25.7 Å². The highest BCUT2D eigenvalue weighted by molar-refractivity contribution is 14.0. The number of unbranched alkanes of at least 4 members (excludes halogenated alkanes) is 1. The molecule has 2 fully saturated rings. The van der Waals surface area contributed by atoms with Gasteiger partial charge < -0.3 is 21.7 Å². The fraction of sp³-hybridized carbons (Fsp3) is 0.889. The van der Waals surface area contributed by atoms with Crippen LogP contribution in [0.4, 0.5) is 0 Å². The number of hydrogen-bond donors (Lipinski definition) is 3. The molecule has 1 aliphatic heterocycles. The van der Waals surface area contributed by atoms with Crippen molar-refractivity contribution in [3.8, 4) is 0 Å². The Hall–Kier alpha value is -0.570. The summed E-state index contributed by atoms with van der Waals surface area (Å²) in [4.78, 5) is 18.1. The Balaban J connectivity index is 0.00000312. The van der Waals surface area contributed by atoms with Gasteiger partial charge in [-0.05, 0) is 58.2 Å². The molecule has 1 saturated carbocycles. The highest BCUT2D eigenvalue weighted by Gasteiger charge is 2.22. The van der Waals surface area contributed by atoms with Crippen LogP contribution in [0.1, 0.15) is 64.2 Å². The summed E-state index contributed by atoms with van der Waals surface area (Å²) in [6, 6.07) is 0.516. The van der Waals surface area contributed by atoms with E-state index in [-0.39, 0.29) is 35.8 Å². The Morgan fingerprint density at radius 1 is 1.00 bits per heavy atom. The molecular formula is C18H36IN5O. The number of nitrogens with one attached hydrogen (secondary N) is 1. The van der Waals surface area contributed by atoms with Crippen LogP contribution in [0.3, 0.4) is 0 Å². The fourth-order valence-corrected chi connectivity index (χ4v) is 3.77. The van der Waals surface area contributed by atoms with Crippen molar-refractivity contribution in [3.63, 3.8) is 0 Å². The van der Waals surface area contributed by atoms with Crippen molar-refractivity contribution in [1.82, 2.24) is 10.2 Å². The van der Waals surface area contributed by atoms with Crippen LogP contribution in [0.25, 0.3) is 0 Å². The number of carbonyl (C=O) groups is 1. The first-order chi connectivity index (χ1) is 11.6. The van der Waals surface area contributed by atoms with E-state index in [0.29, 0.717) is 12.0 Å². The summed E-state index contributed by atoms with van der Waals surface area (Å²) in [6.07, 6.45) is 11.8. The lowest BCUT2D eigenvalue weighted by Crippen LogP contribution is -2.40. The van der Waals surface area contributed by atoms with Crippen molar-refractivity contribution in [2.24, 2.45) is 22.4 Å². The van der Waals surface area contributed by atoms with Crippen LogP contribution < -0.4 is 16.8 Å². The molecule has 7 heteroatoms. The molecular weight excluding hydrogens is 429 g/mol. The third-order valence-electron chi connectivity index (χ3n) is 5.36. The zero-order valence-electron chi connectivity index (χ0n) is 15.4. The smallest absolute Gasteiger partial charge is 0.220 e. The number of nitrogens with two attached hydrogens (primary N) is 2. The predicted octanol–water partition coefficient (Wildman–Crippen LogP) is 2.21. The lowest BCUT2D eigenvalue weighted by Gasteiger charge is -2.30. The molecule has 0 aromatic rings. The Morgan fingerprint density at radius 2 is 1.64 bits per heavy atom. The molecule has 0 radical (unpaired) electrons. The number of halogens is 1. The molecule has 6 nitrogen and oxygen atoms in total. The van der Waals surface area contributed by atoms with E-state index in [2.05, 4.69) is 15.2 Å². The van der Waals surface area contributed by atoms with Crippen molar-refractivity contribution in [1.29, 1.82) is 0 Å². The Labute approximate surface area is 169 Å². The second-order valence-electron chi connectivity index (χ2n) is 7.33. The number of piperidine rings is 1. The molecule has 2 aliphatic rings. The standard InChI is InChI=1S/C18H35N5O.HI/c19-17(24)15-9-13-23(14-10-15)12-6-5-11-21-18(20)22-16-7-3-1-2-4-8-16;/h15-16H,1-14H2,(H2,19,24)(H3,20,21,22);1H. The lowest BCUT2D eigenvalue weighted by atomic mass is 9.96. The van der Waals surface area contributed by atoms with Gasteiger partial charge in [0.05, 0.1) is 0 Å². The minimum absolute atomic E-state index is 0. The first-order valence-electron chi connectivity index (χ1n) is 9.73. The van der Waals surface area contributed by atoms with Gasteiger partial charge in [0.25, 0.3) is 0 Å². The molecule has 0 bridgehead atoms. The average Bonchev–Trinajstić information content (AvgIpc) is 2.83. The van der Waals surface area contributed by atoms with Crippen LogP contribution in [0.5, 0.6) is 0 Å². The zero-order chi connectivity index (χ0) is 17.2. The number of primary amides is 1. The van der Waals surface area contributed by atoms with Crippen molar-refractivity contribution in [2.45, 2.75) is 70.3 Å². The van der Waals surface area contributed by atoms with Gasteiger partial charge >= 0.3 is 0 Å². The molecule has 5 N–H and O–H groups in total. The summed E-state index contributed by atoms with van der Waals surface area (Å²) in [5.41, 5.74) is 11.4. The molecule has 1 amide bonds. The Morgan fingerprint density at radius 3 is 2.24 bits per heavy atom. The third-order valence-corrected chi connectivity index (χ3v) is 5.36. The molecule has 1 aliphatic carbocycles. The van der Waals surface area contributed by atoms with Crippen LogP contribution in [0.2, 0.25) is 0 Å². The molecule has 146 valence electrons. The number of likely N-dealkylation sites (tertiary alicyclic amines) is 1. The Bertz CT molecular complexity index is 402. The van der Waals surface area contributed by atoms with Gasteiger partial charge in [0.1, 0.15) is 0 Å². The molecule has 1 heterocycles. The van der Waals surface area contributed by atoms with Crippen LogP contribution in [-0.2, 0) is 4.79 Å². The monoisotopic (exact) mass is 465 g/mol. The first-order valence-corrected chi connectivity index (χ1v) is 9.73. The molecule has 1 saturated heterocycles. The number of guanidine groups is 1. The maximum absolute atomic E-state index is 11.2. The zero-order valence-corrected chi connectivity index (χ0v) is 17.8.